The summed E-state index contributed by atoms with van der Waals surface area (Å²) < 4.78 is 0.108. The zero-order valence-electron chi connectivity index (χ0n) is 29.8. The molecule has 3 aliphatic carbocycles. The first-order chi connectivity index (χ1) is 24.7. The van der Waals surface area contributed by atoms with Gasteiger partial charge in [0.2, 0.25) is 0 Å². The van der Waals surface area contributed by atoms with Crippen molar-refractivity contribution in [1.29, 1.82) is 0 Å². The van der Waals surface area contributed by atoms with Crippen LogP contribution in [0.15, 0.2) is 139 Å². The Bertz CT molecular complexity index is 2490. The summed E-state index contributed by atoms with van der Waals surface area (Å²) in [7, 11) is 17.7. The Kier molecular flexibility index (Phi) is 8.17. The van der Waals surface area contributed by atoms with Crippen molar-refractivity contribution in [2.24, 2.45) is 5.92 Å². The number of aryl methyl sites for hydroxylation is 1. The molecule has 0 spiro atoms. The van der Waals surface area contributed by atoms with Crippen LogP contribution >= 0.6 is 17.0 Å². The SMILES string of the molecule is CC1=Cc2c(-c3cccc4ccccc34)ccc(C)c2[CH]1[Zr]([Cl])([Cl])([CH]1C(C2C=CCC2)=Cc2c(-c3cccc4ccccc34)cccc21)[SiH](C)C. The quantitative estimate of drug-likeness (QED) is 0.116. The Labute approximate surface area is 311 Å². The summed E-state index contributed by atoms with van der Waals surface area (Å²) in [6.07, 6.45) is 12.0. The minimum absolute atomic E-state index is 0.0531. The molecule has 0 saturated carbocycles. The summed E-state index contributed by atoms with van der Waals surface area (Å²) in [4.78, 5) is 0. The molecule has 0 N–H and O–H groups in total. The molecule has 0 aliphatic heterocycles. The number of hydrogen-bond acceptors (Lipinski definition) is 0. The number of allylic oxidation sites excluding steroid dienone is 4. The van der Waals surface area contributed by atoms with Crippen molar-refractivity contribution in [3.63, 3.8) is 0 Å². The maximum absolute atomic E-state index is 8.86. The first-order valence-corrected chi connectivity index (χ1v) is 34.8. The number of rotatable bonds is 6. The van der Waals surface area contributed by atoms with Gasteiger partial charge in [-0.2, -0.15) is 0 Å². The van der Waals surface area contributed by atoms with Crippen LogP contribution in [-0.2, 0) is 15.6 Å². The first kappa shape index (κ1) is 33.6. The molecule has 0 amide bonds. The van der Waals surface area contributed by atoms with E-state index in [1.54, 1.807) is 0 Å². The predicted molar refractivity (Wildman–Crippen MR) is 223 cm³/mol. The van der Waals surface area contributed by atoms with Crippen molar-refractivity contribution in [2.75, 3.05) is 0 Å². The van der Waals surface area contributed by atoms with E-state index in [0.717, 1.165) is 12.8 Å². The third-order valence-electron chi connectivity index (χ3n) is 12.5. The van der Waals surface area contributed by atoms with E-state index in [0.29, 0.717) is 5.92 Å². The Hall–Kier alpha value is -3.26. The van der Waals surface area contributed by atoms with E-state index in [9.17, 15) is 0 Å². The fourth-order valence-corrected chi connectivity index (χ4v) is 42.0. The number of fused-ring (bicyclic) bond motifs is 4. The number of hydrogen-bond donors (Lipinski definition) is 0. The monoisotopic (exact) mass is 795 g/mol. The Morgan fingerprint density at radius 3 is 1.82 bits per heavy atom. The van der Waals surface area contributed by atoms with Gasteiger partial charge in [0.1, 0.15) is 0 Å². The molecular formula is C47H43Cl2SiZr. The van der Waals surface area contributed by atoms with Crippen molar-refractivity contribution in [2.45, 2.75) is 47.0 Å². The average molecular weight is 798 g/mol. The minimum atomic E-state index is -4.97. The molecule has 0 heterocycles. The topological polar surface area (TPSA) is 0 Å². The van der Waals surface area contributed by atoms with Crippen LogP contribution in [0.4, 0.5) is 0 Å². The molecule has 0 aromatic heterocycles. The van der Waals surface area contributed by atoms with Crippen LogP contribution in [0.3, 0.4) is 0 Å². The first-order valence-electron chi connectivity index (χ1n) is 18.5. The van der Waals surface area contributed by atoms with Gasteiger partial charge >= 0.3 is 314 Å². The Morgan fingerprint density at radius 1 is 0.608 bits per heavy atom. The molecular weight excluding hydrogens is 755 g/mol. The fourth-order valence-electron chi connectivity index (χ4n) is 10.0. The second kappa shape index (κ2) is 12.4. The zero-order chi connectivity index (χ0) is 35.1. The molecule has 0 saturated heterocycles. The van der Waals surface area contributed by atoms with Crippen LogP contribution in [0.5, 0.6) is 0 Å². The van der Waals surface area contributed by atoms with Crippen LogP contribution in [0, 0.1) is 12.8 Å². The van der Waals surface area contributed by atoms with Gasteiger partial charge in [-0.05, 0) is 0 Å². The van der Waals surface area contributed by atoms with E-state index in [1.807, 2.05) is 0 Å². The van der Waals surface area contributed by atoms with Crippen molar-refractivity contribution in [1.82, 2.24) is 0 Å². The van der Waals surface area contributed by atoms with E-state index >= 15 is 0 Å². The van der Waals surface area contributed by atoms with Crippen molar-refractivity contribution >= 4 is 56.6 Å². The summed E-state index contributed by atoms with van der Waals surface area (Å²) >= 11 is -4.97. The molecule has 0 radical (unpaired) electrons. The van der Waals surface area contributed by atoms with Gasteiger partial charge in [0, 0.05) is 0 Å². The Balaban J connectivity index is 1.29. The molecule has 253 valence electrons. The van der Waals surface area contributed by atoms with Crippen molar-refractivity contribution < 1.29 is 15.6 Å². The van der Waals surface area contributed by atoms with Gasteiger partial charge in [0.05, 0.1) is 0 Å². The molecule has 0 nitrogen and oxygen atoms in total. The van der Waals surface area contributed by atoms with Crippen LogP contribution in [0.25, 0.3) is 56.0 Å². The van der Waals surface area contributed by atoms with E-state index in [4.69, 9.17) is 17.0 Å². The van der Waals surface area contributed by atoms with E-state index in [-0.39, 0.29) is 7.25 Å². The van der Waals surface area contributed by atoms with Gasteiger partial charge in [0.25, 0.3) is 0 Å². The molecule has 4 heteroatoms. The third-order valence-corrected chi connectivity index (χ3v) is 64.4. The third kappa shape index (κ3) is 5.00. The normalized spacial score (nSPS) is 20.4. The van der Waals surface area contributed by atoms with Crippen molar-refractivity contribution in [3.05, 3.63) is 166 Å². The van der Waals surface area contributed by atoms with Gasteiger partial charge in [-0.15, -0.1) is 0 Å². The van der Waals surface area contributed by atoms with Crippen molar-refractivity contribution in [3.8, 4) is 22.3 Å². The molecule has 3 unspecified atom stereocenters. The maximum atomic E-state index is 8.86. The summed E-state index contributed by atoms with van der Waals surface area (Å²) in [5, 5.41) is 5.09. The molecule has 9 rings (SSSR count). The van der Waals surface area contributed by atoms with E-state index in [2.05, 4.69) is 167 Å². The summed E-state index contributed by atoms with van der Waals surface area (Å²) in [6, 6.07) is 42.5. The van der Waals surface area contributed by atoms with Crippen LogP contribution in [0.1, 0.15) is 54.8 Å². The van der Waals surface area contributed by atoms with Gasteiger partial charge in [-0.1, -0.05) is 0 Å². The van der Waals surface area contributed by atoms with E-state index in [1.165, 1.54) is 82.8 Å². The van der Waals surface area contributed by atoms with Gasteiger partial charge < -0.3 is 0 Å². The second-order valence-corrected chi connectivity index (χ2v) is 58.0. The van der Waals surface area contributed by atoms with Crippen LogP contribution in [0.2, 0.25) is 13.1 Å². The second-order valence-electron chi connectivity index (χ2n) is 15.5. The average Bonchev–Trinajstić information content (AvgIpc) is 3.90. The molecule has 0 fully saturated rings. The molecule has 51 heavy (non-hydrogen) atoms. The van der Waals surface area contributed by atoms with E-state index < -0.39 is 21.5 Å². The fraction of sp³-hybridized carbons (Fsp3) is 0.191. The summed E-state index contributed by atoms with van der Waals surface area (Å²) in [5.41, 5.74) is 14.6. The molecule has 3 aliphatic rings. The standard InChI is InChI=1S/C24H19.C21H17.C2H7Si.2ClH.Zr/c1-2-8-17(7-1)20-15-19-11-6-14-23(24(19)16-20)22-13-5-10-18-9-3-4-12-21(18)22;1-14-12-20-15(2)10-11-19(21(20)13-14)18-9-5-7-16-6-3-4-8-17(16)18;1-3-2;;;/h1,3-7,9-17H,2,8H2;3-13H,1-2H3;3H,1-2H3;2*1H;/q;;;;;+2/p-2. The van der Waals surface area contributed by atoms with Gasteiger partial charge in [-0.3, -0.25) is 0 Å². The van der Waals surface area contributed by atoms with Crippen LogP contribution in [-0.4, -0.2) is 5.92 Å². The molecule has 6 aromatic rings. The molecule has 6 aromatic carbocycles. The predicted octanol–water partition coefficient (Wildman–Crippen LogP) is 14.2. The molecule has 3 atom stereocenters. The zero-order valence-corrected chi connectivity index (χ0v) is 34.9. The van der Waals surface area contributed by atoms with Crippen LogP contribution < -0.4 is 0 Å². The summed E-state index contributed by atoms with van der Waals surface area (Å²) in [6.45, 7) is 9.55. The molecule has 0 bridgehead atoms. The van der Waals surface area contributed by atoms with Gasteiger partial charge in [0.15, 0.2) is 0 Å². The number of halogens is 2. The number of benzene rings is 6. The Morgan fingerprint density at radius 2 is 1.20 bits per heavy atom. The van der Waals surface area contributed by atoms with Gasteiger partial charge in [-0.25, -0.2) is 0 Å². The summed E-state index contributed by atoms with van der Waals surface area (Å²) in [5.74, 6) is -1.35.